The fraction of sp³-hybridized carbons (Fsp3) is 0.348. The van der Waals surface area contributed by atoms with Crippen molar-refractivity contribution in [3.05, 3.63) is 57.9 Å². The van der Waals surface area contributed by atoms with Crippen molar-refractivity contribution in [3.8, 4) is 17.2 Å². The Labute approximate surface area is 188 Å². The zero-order chi connectivity index (χ0) is 23.4. The van der Waals surface area contributed by atoms with Gasteiger partial charge < -0.3 is 23.7 Å². The number of benzene rings is 2. The van der Waals surface area contributed by atoms with Gasteiger partial charge in [0.25, 0.3) is 5.56 Å². The maximum absolute atomic E-state index is 13.8. The summed E-state index contributed by atoms with van der Waals surface area (Å²) in [6, 6.07) is 5.83. The van der Waals surface area contributed by atoms with E-state index in [-0.39, 0.29) is 38.5 Å². The third-order valence-electron chi connectivity index (χ3n) is 5.25. The Hall–Kier alpha value is -3.66. The Kier molecular flexibility index (Phi) is 6.74. The van der Waals surface area contributed by atoms with Crippen molar-refractivity contribution in [2.45, 2.75) is 32.6 Å². The minimum absolute atomic E-state index is 0.0623. The maximum Gasteiger partial charge on any atom is 0.306 e. The number of rotatable bonds is 8. The number of fused-ring (bicyclic) bond motifs is 2. The lowest BCUT2D eigenvalue weighted by atomic mass is 10.1. The third-order valence-corrected chi connectivity index (χ3v) is 5.25. The summed E-state index contributed by atoms with van der Waals surface area (Å²) in [5.41, 5.74) is 1.25. The van der Waals surface area contributed by atoms with E-state index in [0.717, 1.165) is 0 Å². The molecule has 0 N–H and O–H groups in total. The average molecular weight is 458 g/mol. The van der Waals surface area contributed by atoms with Crippen molar-refractivity contribution in [3.63, 3.8) is 0 Å². The summed E-state index contributed by atoms with van der Waals surface area (Å²) in [6.45, 7) is 0.465. The molecule has 0 atom stereocenters. The number of aryl methyl sites for hydroxylation is 1. The van der Waals surface area contributed by atoms with Gasteiger partial charge in [0, 0.05) is 30.2 Å². The first-order valence-electron chi connectivity index (χ1n) is 10.3. The van der Waals surface area contributed by atoms with Crippen LogP contribution in [0.5, 0.6) is 17.2 Å². The van der Waals surface area contributed by atoms with Crippen LogP contribution in [-0.4, -0.2) is 36.5 Å². The van der Waals surface area contributed by atoms with E-state index in [0.29, 0.717) is 45.7 Å². The number of carbonyl (C=O) groups is 1. The second-order valence-electron chi connectivity index (χ2n) is 7.40. The van der Waals surface area contributed by atoms with Crippen LogP contribution in [0.1, 0.15) is 24.0 Å². The average Bonchev–Trinajstić information content (AvgIpc) is 2.83. The van der Waals surface area contributed by atoms with Gasteiger partial charge in [-0.25, -0.2) is 9.37 Å². The molecule has 0 fully saturated rings. The summed E-state index contributed by atoms with van der Waals surface area (Å²) in [5, 5.41) is 0.387. The molecule has 0 spiro atoms. The minimum atomic E-state index is -0.465. The summed E-state index contributed by atoms with van der Waals surface area (Å²) >= 11 is 0. The van der Waals surface area contributed by atoms with Gasteiger partial charge in [0.2, 0.25) is 0 Å². The van der Waals surface area contributed by atoms with Crippen molar-refractivity contribution < 1.29 is 32.9 Å². The first-order valence-corrected chi connectivity index (χ1v) is 10.3. The third kappa shape index (κ3) is 4.90. The van der Waals surface area contributed by atoms with Crippen LogP contribution in [0.4, 0.5) is 4.39 Å². The number of hydrogen-bond donors (Lipinski definition) is 0. The molecule has 9 nitrogen and oxygen atoms in total. The predicted molar refractivity (Wildman–Crippen MR) is 115 cm³/mol. The van der Waals surface area contributed by atoms with Gasteiger partial charge in [0.05, 0.1) is 38.1 Å². The number of aromatic nitrogens is 2. The summed E-state index contributed by atoms with van der Waals surface area (Å²) in [6.07, 6.45) is 1.88. The van der Waals surface area contributed by atoms with Gasteiger partial charge >= 0.3 is 5.97 Å². The van der Waals surface area contributed by atoms with E-state index in [9.17, 15) is 14.0 Å². The van der Waals surface area contributed by atoms with Gasteiger partial charge in [-0.15, -0.1) is 0 Å². The smallest absolute Gasteiger partial charge is 0.306 e. The van der Waals surface area contributed by atoms with Gasteiger partial charge in [0.15, 0.2) is 18.3 Å². The Morgan fingerprint density at radius 1 is 1.18 bits per heavy atom. The zero-order valence-corrected chi connectivity index (χ0v) is 18.3. The number of hydrogen-bond acceptors (Lipinski definition) is 8. The van der Waals surface area contributed by atoms with E-state index >= 15 is 0 Å². The molecule has 1 aliphatic rings. The van der Waals surface area contributed by atoms with E-state index in [4.69, 9.17) is 23.7 Å². The van der Waals surface area contributed by atoms with Gasteiger partial charge in [-0.3, -0.25) is 14.2 Å². The largest absolute Gasteiger partial charge is 0.493 e. The van der Waals surface area contributed by atoms with Gasteiger partial charge in [-0.05, 0) is 24.6 Å². The molecule has 174 valence electrons. The monoisotopic (exact) mass is 458 g/mol. The number of nitrogens with zero attached hydrogens (tertiary/aromatic N) is 2. The van der Waals surface area contributed by atoms with Gasteiger partial charge in [-0.1, -0.05) is 0 Å². The van der Waals surface area contributed by atoms with Crippen LogP contribution in [0.3, 0.4) is 0 Å². The lowest BCUT2D eigenvalue weighted by Gasteiger charge is -2.20. The van der Waals surface area contributed by atoms with Crippen molar-refractivity contribution in [2.24, 2.45) is 0 Å². The lowest BCUT2D eigenvalue weighted by Crippen LogP contribution is -2.21. The van der Waals surface area contributed by atoms with Crippen LogP contribution >= 0.6 is 0 Å². The molecule has 0 aliphatic carbocycles. The van der Waals surface area contributed by atoms with Gasteiger partial charge in [-0.2, -0.15) is 0 Å². The highest BCUT2D eigenvalue weighted by atomic mass is 19.1. The van der Waals surface area contributed by atoms with Crippen LogP contribution in [0, 0.1) is 5.82 Å². The van der Waals surface area contributed by atoms with Crippen LogP contribution in [0.15, 0.2) is 35.4 Å². The summed E-state index contributed by atoms with van der Waals surface area (Å²) in [4.78, 5) is 29.3. The second-order valence-corrected chi connectivity index (χ2v) is 7.40. The van der Waals surface area contributed by atoms with E-state index in [1.807, 2.05) is 0 Å². The zero-order valence-electron chi connectivity index (χ0n) is 18.3. The standard InChI is InChI=1S/C23H23FN2O7/c1-29-19-8-17-18(9-20(19)30-2)25-12-26(23(17)28)5-3-4-21(27)32-11-15-7-16(24)6-14-10-31-13-33-22(14)15/h6-9,12H,3-5,10-11,13H2,1-2H3. The SMILES string of the molecule is COc1cc2ncn(CCCC(=O)OCc3cc(F)cc4c3OCOC4)c(=O)c2cc1OC. The van der Waals surface area contributed by atoms with Gasteiger partial charge in [0.1, 0.15) is 18.2 Å². The molecule has 4 rings (SSSR count). The number of esters is 1. The molecule has 1 aliphatic heterocycles. The molecule has 33 heavy (non-hydrogen) atoms. The highest BCUT2D eigenvalue weighted by Gasteiger charge is 2.18. The highest BCUT2D eigenvalue weighted by Crippen LogP contribution is 2.31. The van der Waals surface area contributed by atoms with Crippen LogP contribution < -0.4 is 19.8 Å². The Balaban J connectivity index is 1.37. The summed E-state index contributed by atoms with van der Waals surface area (Å²) < 4.78 is 41.6. The van der Waals surface area contributed by atoms with Crippen LogP contribution in [-0.2, 0) is 34.0 Å². The molecule has 1 aromatic heterocycles. The topological polar surface area (TPSA) is 98.1 Å². The molecule has 0 amide bonds. The van der Waals surface area contributed by atoms with Crippen molar-refractivity contribution >= 4 is 16.9 Å². The van der Waals surface area contributed by atoms with E-state index < -0.39 is 11.8 Å². The molecule has 0 unspecified atom stereocenters. The molecule has 0 radical (unpaired) electrons. The van der Waals surface area contributed by atoms with E-state index in [2.05, 4.69) is 4.98 Å². The fourth-order valence-corrected chi connectivity index (χ4v) is 3.63. The normalized spacial score (nSPS) is 12.7. The maximum atomic E-state index is 13.8. The molecule has 2 heterocycles. The first kappa shape index (κ1) is 22.5. The van der Waals surface area contributed by atoms with Crippen molar-refractivity contribution in [1.82, 2.24) is 9.55 Å². The Morgan fingerprint density at radius 2 is 1.97 bits per heavy atom. The van der Waals surface area contributed by atoms with Crippen molar-refractivity contribution in [2.75, 3.05) is 21.0 Å². The summed E-state index contributed by atoms with van der Waals surface area (Å²) in [5.74, 6) is 0.478. The summed E-state index contributed by atoms with van der Waals surface area (Å²) in [7, 11) is 3.00. The van der Waals surface area contributed by atoms with Crippen LogP contribution in [0.25, 0.3) is 10.9 Å². The quantitative estimate of drug-likeness (QED) is 0.475. The molecule has 0 saturated carbocycles. The molecule has 10 heteroatoms. The molecule has 0 bridgehead atoms. The Bertz CT molecular complexity index is 1240. The van der Waals surface area contributed by atoms with Crippen LogP contribution in [0.2, 0.25) is 0 Å². The lowest BCUT2D eigenvalue weighted by molar-refractivity contribution is -0.145. The highest BCUT2D eigenvalue weighted by molar-refractivity contribution is 5.81. The molecule has 3 aromatic rings. The molecule has 2 aromatic carbocycles. The molecular formula is C23H23FN2O7. The number of carbonyl (C=O) groups excluding carboxylic acids is 1. The Morgan fingerprint density at radius 3 is 2.76 bits per heavy atom. The fourth-order valence-electron chi connectivity index (χ4n) is 3.63. The molecular weight excluding hydrogens is 435 g/mol. The predicted octanol–water partition coefficient (Wildman–Crippen LogP) is 2.94. The number of halogens is 1. The first-order chi connectivity index (χ1) is 16.0. The van der Waals surface area contributed by atoms with E-state index in [1.165, 1.54) is 37.2 Å². The number of ether oxygens (including phenoxy) is 5. The second kappa shape index (κ2) is 9.86. The van der Waals surface area contributed by atoms with E-state index in [1.54, 1.807) is 12.1 Å². The number of methoxy groups -OCH3 is 2. The van der Waals surface area contributed by atoms with Crippen molar-refractivity contribution in [1.29, 1.82) is 0 Å². The molecule has 0 saturated heterocycles. The minimum Gasteiger partial charge on any atom is -0.493 e.